The number of hydrogen-bond donors (Lipinski definition) is 1. The Morgan fingerprint density at radius 1 is 1.15 bits per heavy atom. The highest BCUT2D eigenvalue weighted by Gasteiger charge is 2.17. The van der Waals surface area contributed by atoms with E-state index in [1.807, 2.05) is 19.1 Å². The quantitative estimate of drug-likeness (QED) is 0.628. The van der Waals surface area contributed by atoms with Gasteiger partial charge < -0.3 is 4.74 Å². The number of carbonyl (C=O) groups excluding carboxylic acids is 1. The van der Waals surface area contributed by atoms with Crippen LogP contribution in [0.4, 0.5) is 5.13 Å². The van der Waals surface area contributed by atoms with Crippen LogP contribution in [-0.2, 0) is 4.79 Å². The van der Waals surface area contributed by atoms with Crippen LogP contribution in [0.3, 0.4) is 0 Å². The van der Waals surface area contributed by atoms with Crippen molar-refractivity contribution in [2.24, 2.45) is 0 Å². The first-order valence-corrected chi connectivity index (χ1v) is 9.33. The zero-order valence-electron chi connectivity index (χ0n) is 14.0. The van der Waals surface area contributed by atoms with Crippen LogP contribution in [0.5, 0.6) is 5.75 Å². The summed E-state index contributed by atoms with van der Waals surface area (Å²) in [7, 11) is 0. The Bertz CT molecular complexity index is 928. The predicted molar refractivity (Wildman–Crippen MR) is 105 cm³/mol. The van der Waals surface area contributed by atoms with Crippen molar-refractivity contribution in [1.82, 2.24) is 10.2 Å². The average Bonchev–Trinajstić information content (AvgIpc) is 3.07. The minimum Gasteiger partial charge on any atom is -0.481 e. The van der Waals surface area contributed by atoms with E-state index >= 15 is 0 Å². The number of aryl methyl sites for hydroxylation is 1. The summed E-state index contributed by atoms with van der Waals surface area (Å²) in [6, 6.07) is 12.5. The molecule has 0 aliphatic rings. The van der Waals surface area contributed by atoms with Gasteiger partial charge in [0.05, 0.1) is 0 Å². The topological polar surface area (TPSA) is 64.1 Å². The largest absolute Gasteiger partial charge is 0.481 e. The third kappa shape index (κ3) is 4.52. The van der Waals surface area contributed by atoms with Crippen molar-refractivity contribution in [1.29, 1.82) is 0 Å². The number of nitrogens with zero attached hydrogens (tertiary/aromatic N) is 2. The lowest BCUT2D eigenvalue weighted by molar-refractivity contribution is -0.122. The van der Waals surface area contributed by atoms with E-state index in [2.05, 4.69) is 15.5 Å². The number of halogens is 2. The molecule has 0 saturated carbocycles. The SMILES string of the molecule is Cc1cc(OC(C)C(=O)Nc2nnc(-c3ccc(Cl)cc3)s2)ccc1Cl. The van der Waals surface area contributed by atoms with Crippen LogP contribution in [0, 0.1) is 6.92 Å². The number of anilines is 1. The molecule has 8 heteroatoms. The molecule has 0 fully saturated rings. The molecule has 0 bridgehead atoms. The van der Waals surface area contributed by atoms with E-state index in [9.17, 15) is 4.79 Å². The molecule has 1 amide bonds. The van der Waals surface area contributed by atoms with Gasteiger partial charge in [0.25, 0.3) is 5.91 Å². The first-order valence-electron chi connectivity index (χ1n) is 7.75. The molecule has 134 valence electrons. The average molecular weight is 408 g/mol. The van der Waals surface area contributed by atoms with E-state index in [1.54, 1.807) is 37.3 Å². The van der Waals surface area contributed by atoms with Gasteiger partial charge in [-0.1, -0.05) is 46.7 Å². The van der Waals surface area contributed by atoms with Gasteiger partial charge in [-0.05, 0) is 49.7 Å². The third-order valence-corrected chi connectivity index (χ3v) is 5.12. The van der Waals surface area contributed by atoms with Gasteiger partial charge in [0.2, 0.25) is 5.13 Å². The van der Waals surface area contributed by atoms with Gasteiger partial charge in [0.15, 0.2) is 6.10 Å². The van der Waals surface area contributed by atoms with E-state index in [1.165, 1.54) is 11.3 Å². The van der Waals surface area contributed by atoms with Gasteiger partial charge in [-0.15, -0.1) is 10.2 Å². The lowest BCUT2D eigenvalue weighted by Gasteiger charge is -2.14. The molecule has 0 radical (unpaired) electrons. The molecule has 0 aliphatic heterocycles. The molecule has 5 nitrogen and oxygen atoms in total. The molecule has 26 heavy (non-hydrogen) atoms. The first-order chi connectivity index (χ1) is 12.4. The van der Waals surface area contributed by atoms with E-state index < -0.39 is 6.10 Å². The summed E-state index contributed by atoms with van der Waals surface area (Å²) >= 11 is 13.2. The highest BCUT2D eigenvalue weighted by atomic mass is 35.5. The molecule has 1 N–H and O–H groups in total. The van der Waals surface area contributed by atoms with Crippen molar-refractivity contribution in [3.63, 3.8) is 0 Å². The smallest absolute Gasteiger partial charge is 0.266 e. The van der Waals surface area contributed by atoms with Crippen molar-refractivity contribution >= 4 is 45.6 Å². The van der Waals surface area contributed by atoms with Crippen molar-refractivity contribution in [2.45, 2.75) is 20.0 Å². The monoisotopic (exact) mass is 407 g/mol. The molecule has 3 rings (SSSR count). The second-order valence-corrected chi connectivity index (χ2v) is 7.40. The van der Waals surface area contributed by atoms with Crippen LogP contribution in [0.2, 0.25) is 10.0 Å². The highest BCUT2D eigenvalue weighted by Crippen LogP contribution is 2.27. The molecule has 1 heterocycles. The number of carbonyl (C=O) groups is 1. The minimum absolute atomic E-state index is 0.309. The Morgan fingerprint density at radius 3 is 2.58 bits per heavy atom. The van der Waals surface area contributed by atoms with Crippen molar-refractivity contribution in [2.75, 3.05) is 5.32 Å². The summed E-state index contributed by atoms with van der Waals surface area (Å²) in [5, 5.41) is 13.2. The Kier molecular flexibility index (Phi) is 5.76. The molecule has 1 atom stereocenters. The zero-order chi connectivity index (χ0) is 18.7. The molecule has 0 spiro atoms. The number of ether oxygens (including phenoxy) is 1. The Hall–Kier alpha value is -2.15. The number of benzene rings is 2. The maximum atomic E-state index is 12.3. The summed E-state index contributed by atoms with van der Waals surface area (Å²) in [6.07, 6.45) is -0.696. The lowest BCUT2D eigenvalue weighted by atomic mass is 10.2. The molecule has 0 aliphatic carbocycles. The molecule has 2 aromatic carbocycles. The van der Waals surface area contributed by atoms with Gasteiger partial charge in [-0.2, -0.15) is 0 Å². The summed E-state index contributed by atoms with van der Waals surface area (Å²) in [6.45, 7) is 3.54. The molecule has 1 unspecified atom stereocenters. The number of nitrogens with one attached hydrogen (secondary N) is 1. The van der Waals surface area contributed by atoms with E-state index in [-0.39, 0.29) is 5.91 Å². The van der Waals surface area contributed by atoms with Gasteiger partial charge >= 0.3 is 0 Å². The predicted octanol–water partition coefficient (Wildman–Crippen LogP) is 5.23. The standard InChI is InChI=1S/C18H15Cl2N3O2S/c1-10-9-14(7-8-15(10)20)25-11(2)16(24)21-18-23-22-17(26-18)12-3-5-13(19)6-4-12/h3-9,11H,1-2H3,(H,21,23,24). The fraction of sp³-hybridized carbons (Fsp3) is 0.167. The third-order valence-electron chi connectivity index (χ3n) is 3.56. The normalized spacial score (nSPS) is 11.8. The summed E-state index contributed by atoms with van der Waals surface area (Å²) in [4.78, 5) is 12.3. The molecule has 0 saturated heterocycles. The van der Waals surface area contributed by atoms with Crippen LogP contribution >= 0.6 is 34.5 Å². The van der Waals surface area contributed by atoms with Crippen LogP contribution < -0.4 is 10.1 Å². The zero-order valence-corrected chi connectivity index (χ0v) is 16.3. The fourth-order valence-corrected chi connectivity index (χ4v) is 3.13. The summed E-state index contributed by atoms with van der Waals surface area (Å²) in [5.41, 5.74) is 1.77. The second-order valence-electron chi connectivity index (χ2n) is 5.58. The Morgan fingerprint density at radius 2 is 1.88 bits per heavy atom. The number of rotatable bonds is 5. The summed E-state index contributed by atoms with van der Waals surface area (Å²) < 4.78 is 5.66. The minimum atomic E-state index is -0.696. The van der Waals surface area contributed by atoms with Gasteiger partial charge in [-0.3, -0.25) is 10.1 Å². The Labute approximate surface area is 164 Å². The maximum Gasteiger partial charge on any atom is 0.266 e. The number of amides is 1. The molecular formula is C18H15Cl2N3O2S. The summed E-state index contributed by atoms with van der Waals surface area (Å²) in [5.74, 6) is 0.269. The fourth-order valence-electron chi connectivity index (χ4n) is 2.14. The van der Waals surface area contributed by atoms with Crippen LogP contribution in [0.15, 0.2) is 42.5 Å². The van der Waals surface area contributed by atoms with E-state index in [4.69, 9.17) is 27.9 Å². The Balaban J connectivity index is 1.64. The molecular weight excluding hydrogens is 393 g/mol. The van der Waals surface area contributed by atoms with Crippen molar-refractivity contribution in [3.05, 3.63) is 58.1 Å². The van der Waals surface area contributed by atoms with Crippen LogP contribution in [0.1, 0.15) is 12.5 Å². The van der Waals surface area contributed by atoms with Crippen molar-refractivity contribution in [3.8, 4) is 16.3 Å². The number of aromatic nitrogens is 2. The van der Waals surface area contributed by atoms with Crippen LogP contribution in [-0.4, -0.2) is 22.2 Å². The van der Waals surface area contributed by atoms with Gasteiger partial charge in [-0.25, -0.2) is 0 Å². The molecule has 1 aromatic heterocycles. The number of hydrogen-bond acceptors (Lipinski definition) is 5. The van der Waals surface area contributed by atoms with E-state index in [0.717, 1.165) is 11.1 Å². The maximum absolute atomic E-state index is 12.3. The first kappa shape index (κ1) is 18.6. The van der Waals surface area contributed by atoms with Gasteiger partial charge in [0, 0.05) is 15.6 Å². The van der Waals surface area contributed by atoms with Gasteiger partial charge in [0.1, 0.15) is 10.8 Å². The lowest BCUT2D eigenvalue weighted by Crippen LogP contribution is -2.30. The van der Waals surface area contributed by atoms with Crippen LogP contribution in [0.25, 0.3) is 10.6 Å². The highest BCUT2D eigenvalue weighted by molar-refractivity contribution is 7.18. The van der Waals surface area contributed by atoms with E-state index in [0.29, 0.717) is 25.9 Å². The second kappa shape index (κ2) is 8.03. The van der Waals surface area contributed by atoms with Crippen molar-refractivity contribution < 1.29 is 9.53 Å². The molecule has 3 aromatic rings.